The van der Waals surface area contributed by atoms with Gasteiger partial charge in [0, 0.05) is 34.3 Å². The Labute approximate surface area is 142 Å². The van der Waals surface area contributed by atoms with Gasteiger partial charge in [-0.3, -0.25) is 4.79 Å². The lowest BCUT2D eigenvalue weighted by atomic mass is 9.93. The molecule has 0 bridgehead atoms. The molecule has 2 aliphatic heterocycles. The summed E-state index contributed by atoms with van der Waals surface area (Å²) in [4.78, 5) is 11.8. The average molecular weight is 331 g/mol. The molecule has 0 amide bonds. The van der Waals surface area contributed by atoms with Gasteiger partial charge in [0.1, 0.15) is 11.3 Å². The molecule has 122 valence electrons. The van der Waals surface area contributed by atoms with Gasteiger partial charge in [-0.1, -0.05) is 6.07 Å². The van der Waals surface area contributed by atoms with Gasteiger partial charge >= 0.3 is 0 Å². The number of rotatable bonds is 1. The van der Waals surface area contributed by atoms with Crippen LogP contribution in [0.25, 0.3) is 33.4 Å². The highest BCUT2D eigenvalue weighted by Gasteiger charge is 2.20. The summed E-state index contributed by atoms with van der Waals surface area (Å²) >= 11 is 0. The maximum Gasteiger partial charge on any atom is 0.231 e. The SMILES string of the molecule is Nc1ccc2c(-c3ccc4c(c3)OCO4)c3ccc(=O)cc-3oc2c1. The van der Waals surface area contributed by atoms with E-state index in [0.29, 0.717) is 22.8 Å². The molecule has 0 aromatic heterocycles. The predicted octanol–water partition coefficient (Wildman–Crippen LogP) is 3.88. The van der Waals surface area contributed by atoms with E-state index in [9.17, 15) is 4.79 Å². The fourth-order valence-corrected chi connectivity index (χ4v) is 3.25. The van der Waals surface area contributed by atoms with Crippen LogP contribution in [0.4, 0.5) is 5.69 Å². The van der Waals surface area contributed by atoms with Gasteiger partial charge in [-0.2, -0.15) is 0 Å². The number of ether oxygens (including phenoxy) is 2. The number of nitrogens with two attached hydrogens (primary N) is 1. The highest BCUT2D eigenvalue weighted by atomic mass is 16.7. The predicted molar refractivity (Wildman–Crippen MR) is 95.1 cm³/mol. The third kappa shape index (κ3) is 2.13. The lowest BCUT2D eigenvalue weighted by molar-refractivity contribution is 0.174. The van der Waals surface area contributed by atoms with Crippen molar-refractivity contribution in [3.8, 4) is 33.9 Å². The summed E-state index contributed by atoms with van der Waals surface area (Å²) in [7, 11) is 0. The highest BCUT2D eigenvalue weighted by Crippen LogP contribution is 2.43. The molecule has 0 saturated heterocycles. The number of hydrogen-bond acceptors (Lipinski definition) is 5. The van der Waals surface area contributed by atoms with Crippen LogP contribution >= 0.6 is 0 Å². The molecule has 0 spiro atoms. The van der Waals surface area contributed by atoms with E-state index in [1.165, 1.54) is 12.1 Å². The van der Waals surface area contributed by atoms with Crippen LogP contribution in [0.3, 0.4) is 0 Å². The van der Waals surface area contributed by atoms with Crippen molar-refractivity contribution in [2.24, 2.45) is 0 Å². The van der Waals surface area contributed by atoms with Crippen LogP contribution < -0.4 is 20.6 Å². The van der Waals surface area contributed by atoms with E-state index in [4.69, 9.17) is 19.6 Å². The topological polar surface area (TPSA) is 74.7 Å². The van der Waals surface area contributed by atoms with E-state index in [0.717, 1.165) is 27.8 Å². The molecular weight excluding hydrogens is 318 g/mol. The minimum absolute atomic E-state index is 0.101. The van der Waals surface area contributed by atoms with E-state index in [1.807, 2.05) is 30.3 Å². The van der Waals surface area contributed by atoms with Crippen LogP contribution in [-0.4, -0.2) is 6.79 Å². The molecule has 5 rings (SSSR count). The zero-order chi connectivity index (χ0) is 17.0. The van der Waals surface area contributed by atoms with Crippen molar-refractivity contribution in [3.05, 3.63) is 64.8 Å². The maximum absolute atomic E-state index is 11.8. The van der Waals surface area contributed by atoms with E-state index in [2.05, 4.69) is 0 Å². The van der Waals surface area contributed by atoms with E-state index < -0.39 is 0 Å². The van der Waals surface area contributed by atoms with Crippen LogP contribution in [0, 0.1) is 0 Å². The van der Waals surface area contributed by atoms with Crippen molar-refractivity contribution in [1.82, 2.24) is 0 Å². The van der Waals surface area contributed by atoms with Crippen LogP contribution in [-0.2, 0) is 0 Å². The highest BCUT2D eigenvalue weighted by molar-refractivity contribution is 6.02. The number of anilines is 1. The Kier molecular flexibility index (Phi) is 2.79. The molecule has 25 heavy (non-hydrogen) atoms. The molecule has 0 radical (unpaired) electrons. The van der Waals surface area contributed by atoms with Gasteiger partial charge in [-0.15, -0.1) is 0 Å². The Bertz CT molecular complexity index is 1160. The summed E-state index contributed by atoms with van der Waals surface area (Å²) in [5, 5.41) is 0.916. The summed E-state index contributed by atoms with van der Waals surface area (Å²) in [5.74, 6) is 1.96. The minimum Gasteiger partial charge on any atom is -0.456 e. The van der Waals surface area contributed by atoms with Crippen LogP contribution in [0.15, 0.2) is 63.8 Å². The van der Waals surface area contributed by atoms with Gasteiger partial charge < -0.3 is 19.6 Å². The summed E-state index contributed by atoms with van der Waals surface area (Å²) in [6.07, 6.45) is 0. The molecule has 0 fully saturated rings. The molecule has 0 saturated carbocycles. The molecule has 2 N–H and O–H groups in total. The monoisotopic (exact) mass is 331 g/mol. The molecule has 5 heteroatoms. The number of nitrogen functional groups attached to an aromatic ring is 1. The second kappa shape index (κ2) is 5.01. The molecule has 2 aromatic rings. The van der Waals surface area contributed by atoms with E-state index >= 15 is 0 Å². The summed E-state index contributed by atoms with van der Waals surface area (Å²) < 4.78 is 16.8. The molecule has 1 aliphatic carbocycles. The van der Waals surface area contributed by atoms with Gasteiger partial charge in [0.05, 0.1) is 0 Å². The van der Waals surface area contributed by atoms with E-state index in [1.54, 1.807) is 12.1 Å². The summed E-state index contributed by atoms with van der Waals surface area (Å²) in [6, 6.07) is 16.2. The zero-order valence-corrected chi connectivity index (χ0v) is 13.1. The molecular formula is C20H13NO4. The van der Waals surface area contributed by atoms with Crippen LogP contribution in [0.1, 0.15) is 0 Å². The Morgan fingerprint density at radius 2 is 1.76 bits per heavy atom. The third-order valence-corrected chi connectivity index (χ3v) is 4.38. The number of fused-ring (bicyclic) bond motifs is 3. The quantitative estimate of drug-likeness (QED) is 0.423. The Balaban J connectivity index is 1.90. The maximum atomic E-state index is 11.8. The lowest BCUT2D eigenvalue weighted by Gasteiger charge is -2.15. The minimum atomic E-state index is -0.101. The van der Waals surface area contributed by atoms with Gasteiger partial charge in [0.2, 0.25) is 6.79 Å². The number of hydrogen-bond donors (Lipinski definition) is 1. The zero-order valence-electron chi connectivity index (χ0n) is 13.1. The Morgan fingerprint density at radius 3 is 2.68 bits per heavy atom. The fraction of sp³-hybridized carbons (Fsp3) is 0.0500. The second-order valence-corrected chi connectivity index (χ2v) is 5.96. The van der Waals surface area contributed by atoms with Crippen molar-refractivity contribution < 1.29 is 13.9 Å². The standard InChI is InChI=1S/C20H13NO4/c21-12-2-4-14-17(8-12)25-18-9-13(22)3-5-15(18)20(14)11-1-6-16-19(7-11)24-10-23-16/h1-9H,10,21H2. The largest absolute Gasteiger partial charge is 0.456 e. The van der Waals surface area contributed by atoms with Gasteiger partial charge in [-0.05, 0) is 42.0 Å². The van der Waals surface area contributed by atoms with Crippen molar-refractivity contribution >= 4 is 16.7 Å². The van der Waals surface area contributed by atoms with Gasteiger partial charge in [-0.25, -0.2) is 0 Å². The van der Waals surface area contributed by atoms with E-state index in [-0.39, 0.29) is 12.2 Å². The fourth-order valence-electron chi connectivity index (χ4n) is 3.25. The van der Waals surface area contributed by atoms with Gasteiger partial charge in [0.25, 0.3) is 0 Å². The molecule has 5 nitrogen and oxygen atoms in total. The first kappa shape index (κ1) is 13.9. The first-order valence-electron chi connectivity index (χ1n) is 7.85. The summed E-state index contributed by atoms with van der Waals surface area (Å²) in [6.45, 7) is 0.223. The van der Waals surface area contributed by atoms with Crippen molar-refractivity contribution in [3.63, 3.8) is 0 Å². The van der Waals surface area contributed by atoms with Crippen LogP contribution in [0.2, 0.25) is 0 Å². The smallest absolute Gasteiger partial charge is 0.231 e. The third-order valence-electron chi connectivity index (χ3n) is 4.38. The lowest BCUT2D eigenvalue weighted by Crippen LogP contribution is -2.00. The second-order valence-electron chi connectivity index (χ2n) is 5.96. The van der Waals surface area contributed by atoms with Crippen molar-refractivity contribution in [1.29, 1.82) is 0 Å². The molecule has 2 aromatic carbocycles. The van der Waals surface area contributed by atoms with Crippen molar-refractivity contribution in [2.75, 3.05) is 12.5 Å². The van der Waals surface area contributed by atoms with Crippen molar-refractivity contribution in [2.45, 2.75) is 0 Å². The van der Waals surface area contributed by atoms with Gasteiger partial charge in [0.15, 0.2) is 16.9 Å². The molecule has 2 heterocycles. The Morgan fingerprint density at radius 1 is 0.880 bits per heavy atom. The first-order chi connectivity index (χ1) is 12.2. The molecule has 3 aliphatic rings. The molecule has 0 atom stereocenters. The molecule has 0 unspecified atom stereocenters. The average Bonchev–Trinajstić information content (AvgIpc) is 3.07. The summed E-state index contributed by atoms with van der Waals surface area (Å²) in [5.41, 5.74) is 9.82. The van der Waals surface area contributed by atoms with Crippen LogP contribution in [0.5, 0.6) is 11.5 Å². The Hall–Kier alpha value is -3.47. The number of benzene rings is 3. The first-order valence-corrected chi connectivity index (χ1v) is 7.85. The normalized spacial score (nSPS) is 12.8.